The zero-order valence-electron chi connectivity index (χ0n) is 12.2. The second-order valence-electron chi connectivity index (χ2n) is 6.37. The van der Waals surface area contributed by atoms with Crippen LogP contribution in [0.25, 0.3) is 0 Å². The van der Waals surface area contributed by atoms with Gasteiger partial charge in [-0.1, -0.05) is 27.7 Å². The van der Waals surface area contributed by atoms with Gasteiger partial charge in [0.2, 0.25) is 0 Å². The first-order chi connectivity index (χ1) is 9.23. The van der Waals surface area contributed by atoms with Gasteiger partial charge in [0.05, 0.1) is 5.56 Å². The number of hydrazine groups is 1. The van der Waals surface area contributed by atoms with E-state index in [4.69, 9.17) is 5.84 Å². The molecule has 4 N–H and O–H groups in total. The number of nitrogen functional groups attached to an aromatic ring is 1. The number of anilines is 1. The molecule has 1 saturated carbocycles. The molecule has 2 rings (SSSR count). The maximum Gasteiger partial charge on any atom is 0.254 e. The Labute approximate surface area is 118 Å². The summed E-state index contributed by atoms with van der Waals surface area (Å²) in [5, 5.41) is 2.79. The van der Waals surface area contributed by atoms with Gasteiger partial charge in [0.15, 0.2) is 11.6 Å². The number of hydrogen-bond donors (Lipinski definition) is 3. The first kappa shape index (κ1) is 14.7. The summed E-state index contributed by atoms with van der Waals surface area (Å²) < 4.78 is 13.9. The number of carbonyl (C=O) groups is 1. The number of carbonyl (C=O) groups excluding carboxylic acids is 1. The predicted octanol–water partition coefficient (Wildman–Crippen LogP) is 1.92. The van der Waals surface area contributed by atoms with E-state index in [0.29, 0.717) is 12.5 Å². The minimum Gasteiger partial charge on any atom is -0.352 e. The van der Waals surface area contributed by atoms with Crippen LogP contribution in [0.1, 0.15) is 38.1 Å². The van der Waals surface area contributed by atoms with Crippen molar-refractivity contribution in [3.8, 4) is 0 Å². The summed E-state index contributed by atoms with van der Waals surface area (Å²) in [5.41, 5.74) is 2.44. The van der Waals surface area contributed by atoms with Gasteiger partial charge < -0.3 is 10.7 Å². The van der Waals surface area contributed by atoms with Crippen molar-refractivity contribution >= 4 is 11.7 Å². The number of halogens is 1. The molecule has 0 radical (unpaired) electrons. The van der Waals surface area contributed by atoms with E-state index in [9.17, 15) is 9.18 Å². The highest BCUT2D eigenvalue weighted by Gasteiger charge is 2.64. The summed E-state index contributed by atoms with van der Waals surface area (Å²) in [6.45, 7) is 9.23. The molecule has 1 amide bonds. The van der Waals surface area contributed by atoms with Crippen LogP contribution in [0.4, 0.5) is 10.2 Å². The van der Waals surface area contributed by atoms with Gasteiger partial charge >= 0.3 is 0 Å². The van der Waals surface area contributed by atoms with Gasteiger partial charge in [-0.05, 0) is 22.8 Å². The number of amides is 1. The zero-order chi connectivity index (χ0) is 15.1. The average Bonchev–Trinajstić information content (AvgIpc) is 2.77. The SMILES string of the molecule is CC1(C)C(CNC(=O)c2ccnc(NN)c2F)C1(C)C. The molecule has 0 atom stereocenters. The lowest BCUT2D eigenvalue weighted by atomic mass is 10.0. The number of pyridine rings is 1. The molecule has 1 aliphatic carbocycles. The van der Waals surface area contributed by atoms with E-state index >= 15 is 0 Å². The Bertz CT molecular complexity index is 528. The molecule has 1 aromatic heterocycles. The van der Waals surface area contributed by atoms with Crippen molar-refractivity contribution in [1.29, 1.82) is 0 Å². The molecule has 0 bridgehead atoms. The molecule has 0 aliphatic heterocycles. The summed E-state index contributed by atoms with van der Waals surface area (Å²) in [6, 6.07) is 1.34. The zero-order valence-corrected chi connectivity index (χ0v) is 12.2. The molecule has 1 heterocycles. The molecule has 0 saturated heterocycles. The number of nitrogens with one attached hydrogen (secondary N) is 2. The fraction of sp³-hybridized carbons (Fsp3) is 0.571. The van der Waals surface area contributed by atoms with E-state index in [1.54, 1.807) is 0 Å². The Kier molecular flexibility index (Phi) is 3.46. The van der Waals surface area contributed by atoms with E-state index in [2.05, 4.69) is 43.4 Å². The largest absolute Gasteiger partial charge is 0.352 e. The summed E-state index contributed by atoms with van der Waals surface area (Å²) in [7, 11) is 0. The van der Waals surface area contributed by atoms with Gasteiger partial charge in [0.1, 0.15) is 0 Å². The van der Waals surface area contributed by atoms with Gasteiger partial charge in [0, 0.05) is 12.7 Å². The topological polar surface area (TPSA) is 80.0 Å². The molecule has 1 aromatic rings. The average molecular weight is 280 g/mol. The molecule has 1 aliphatic rings. The summed E-state index contributed by atoms with van der Waals surface area (Å²) in [5.74, 6) is 4.21. The number of hydrogen-bond acceptors (Lipinski definition) is 4. The predicted molar refractivity (Wildman–Crippen MR) is 75.4 cm³/mol. The normalized spacial score (nSPS) is 19.5. The highest BCUT2D eigenvalue weighted by atomic mass is 19.1. The van der Waals surface area contributed by atoms with Gasteiger partial charge in [-0.25, -0.2) is 15.2 Å². The molecule has 1 fully saturated rings. The van der Waals surface area contributed by atoms with Crippen molar-refractivity contribution in [2.75, 3.05) is 12.0 Å². The van der Waals surface area contributed by atoms with Crippen molar-refractivity contribution in [2.45, 2.75) is 27.7 Å². The lowest BCUT2D eigenvalue weighted by Gasteiger charge is -2.09. The number of nitrogens with zero attached hydrogens (tertiary/aromatic N) is 1. The van der Waals surface area contributed by atoms with E-state index < -0.39 is 11.7 Å². The van der Waals surface area contributed by atoms with E-state index in [0.717, 1.165) is 0 Å². The van der Waals surface area contributed by atoms with Crippen LogP contribution in [0.2, 0.25) is 0 Å². The molecule has 0 spiro atoms. The number of rotatable bonds is 4. The summed E-state index contributed by atoms with van der Waals surface area (Å²) in [4.78, 5) is 15.7. The molecule has 0 unspecified atom stereocenters. The minimum atomic E-state index is -0.734. The third-order valence-corrected chi connectivity index (χ3v) is 5.06. The molecule has 110 valence electrons. The van der Waals surface area contributed by atoms with Gasteiger partial charge in [-0.15, -0.1) is 0 Å². The Balaban J connectivity index is 2.04. The third-order valence-electron chi connectivity index (χ3n) is 5.06. The van der Waals surface area contributed by atoms with Gasteiger partial charge in [-0.2, -0.15) is 0 Å². The lowest BCUT2D eigenvalue weighted by molar-refractivity contribution is 0.0946. The van der Waals surface area contributed by atoms with Crippen LogP contribution < -0.4 is 16.6 Å². The maximum absolute atomic E-state index is 13.9. The molecule has 0 aromatic carbocycles. The van der Waals surface area contributed by atoms with Crippen molar-refractivity contribution in [3.63, 3.8) is 0 Å². The van der Waals surface area contributed by atoms with Crippen LogP contribution >= 0.6 is 0 Å². The highest BCUT2D eigenvalue weighted by molar-refractivity contribution is 5.95. The Morgan fingerprint density at radius 2 is 2.00 bits per heavy atom. The van der Waals surface area contributed by atoms with Crippen LogP contribution in [-0.4, -0.2) is 17.4 Å². The van der Waals surface area contributed by atoms with Crippen LogP contribution in [0.15, 0.2) is 12.3 Å². The molecular weight excluding hydrogens is 259 g/mol. The van der Waals surface area contributed by atoms with Gasteiger partial charge in [-0.3, -0.25) is 4.79 Å². The van der Waals surface area contributed by atoms with E-state index in [1.807, 2.05) is 0 Å². The number of nitrogens with two attached hydrogens (primary N) is 1. The molecular formula is C14H21FN4O. The minimum absolute atomic E-state index is 0.0517. The van der Waals surface area contributed by atoms with Crippen molar-refractivity contribution < 1.29 is 9.18 Å². The van der Waals surface area contributed by atoms with Crippen molar-refractivity contribution in [3.05, 3.63) is 23.6 Å². The maximum atomic E-state index is 13.9. The second-order valence-corrected chi connectivity index (χ2v) is 6.37. The van der Waals surface area contributed by atoms with Crippen LogP contribution in [0, 0.1) is 22.6 Å². The van der Waals surface area contributed by atoms with Crippen LogP contribution in [0.5, 0.6) is 0 Å². The summed E-state index contributed by atoms with van der Waals surface area (Å²) in [6.07, 6.45) is 1.35. The third kappa shape index (κ3) is 2.14. The Morgan fingerprint density at radius 3 is 2.50 bits per heavy atom. The highest BCUT2D eigenvalue weighted by Crippen LogP contribution is 2.67. The Morgan fingerprint density at radius 1 is 1.40 bits per heavy atom. The fourth-order valence-corrected chi connectivity index (χ4v) is 2.85. The second kappa shape index (κ2) is 4.70. The first-order valence-corrected chi connectivity index (χ1v) is 6.62. The Hall–Kier alpha value is -1.69. The molecule has 6 heteroatoms. The molecule has 20 heavy (non-hydrogen) atoms. The first-order valence-electron chi connectivity index (χ1n) is 6.62. The summed E-state index contributed by atoms with van der Waals surface area (Å²) >= 11 is 0. The number of aromatic nitrogens is 1. The standard InChI is InChI=1S/C14H21FN4O/c1-13(2)9(14(13,3)4)7-18-12(20)8-5-6-17-11(19-16)10(8)15/h5-6,9H,7,16H2,1-4H3,(H,17,19)(H,18,20). The smallest absolute Gasteiger partial charge is 0.254 e. The van der Waals surface area contributed by atoms with Crippen LogP contribution in [-0.2, 0) is 0 Å². The fourth-order valence-electron chi connectivity index (χ4n) is 2.85. The van der Waals surface area contributed by atoms with Crippen molar-refractivity contribution in [1.82, 2.24) is 10.3 Å². The quantitative estimate of drug-likeness (QED) is 0.581. The monoisotopic (exact) mass is 280 g/mol. The lowest BCUT2D eigenvalue weighted by Crippen LogP contribution is -2.28. The molecule has 5 nitrogen and oxygen atoms in total. The van der Waals surface area contributed by atoms with E-state index in [-0.39, 0.29) is 22.2 Å². The van der Waals surface area contributed by atoms with E-state index in [1.165, 1.54) is 12.3 Å². The van der Waals surface area contributed by atoms with Crippen LogP contribution in [0.3, 0.4) is 0 Å². The van der Waals surface area contributed by atoms with Gasteiger partial charge in [0.25, 0.3) is 5.91 Å². The van der Waals surface area contributed by atoms with Crippen molar-refractivity contribution in [2.24, 2.45) is 22.6 Å².